The van der Waals surface area contributed by atoms with Crippen molar-refractivity contribution in [1.82, 2.24) is 0 Å². The van der Waals surface area contributed by atoms with E-state index in [1.165, 1.54) is 0 Å². The number of ether oxygens (including phenoxy) is 1. The van der Waals surface area contributed by atoms with Crippen LogP contribution in [0.25, 0.3) is 0 Å². The van der Waals surface area contributed by atoms with Gasteiger partial charge in [0.1, 0.15) is 5.75 Å². The summed E-state index contributed by atoms with van der Waals surface area (Å²) in [5.41, 5.74) is 1.82. The fourth-order valence-electron chi connectivity index (χ4n) is 1.51. The van der Waals surface area contributed by atoms with Crippen LogP contribution in [0.2, 0.25) is 0 Å². The summed E-state index contributed by atoms with van der Waals surface area (Å²) in [6, 6.07) is 5.63. The van der Waals surface area contributed by atoms with E-state index < -0.39 is 0 Å². The predicted molar refractivity (Wildman–Crippen MR) is 61.6 cm³/mol. The highest BCUT2D eigenvalue weighted by Crippen LogP contribution is 2.20. The van der Waals surface area contributed by atoms with Crippen LogP contribution >= 0.6 is 0 Å². The van der Waals surface area contributed by atoms with Gasteiger partial charge in [-0.25, -0.2) is 0 Å². The maximum absolute atomic E-state index is 11.6. The Morgan fingerprint density at radius 1 is 1.33 bits per heavy atom. The molecule has 0 bridgehead atoms. The summed E-state index contributed by atoms with van der Waals surface area (Å²) in [5.74, 6) is 1.08. The maximum atomic E-state index is 11.6. The Morgan fingerprint density at radius 2 is 2.07 bits per heavy atom. The average molecular weight is 206 g/mol. The van der Waals surface area contributed by atoms with Gasteiger partial charge in [0, 0.05) is 12.0 Å². The van der Waals surface area contributed by atoms with E-state index in [-0.39, 0.29) is 5.78 Å². The van der Waals surface area contributed by atoms with Gasteiger partial charge in [0.2, 0.25) is 0 Å². The third-order valence-electron chi connectivity index (χ3n) is 2.27. The molecule has 2 heteroatoms. The van der Waals surface area contributed by atoms with Gasteiger partial charge in [-0.15, -0.1) is 0 Å². The average Bonchev–Trinajstić information content (AvgIpc) is 2.21. The van der Waals surface area contributed by atoms with E-state index in [4.69, 9.17) is 4.74 Å². The highest BCUT2D eigenvalue weighted by atomic mass is 16.5. The van der Waals surface area contributed by atoms with Gasteiger partial charge in [0.05, 0.1) is 6.61 Å². The number of carbonyl (C=O) groups excluding carboxylic acids is 1. The van der Waals surface area contributed by atoms with Gasteiger partial charge in [-0.05, 0) is 44.0 Å². The van der Waals surface area contributed by atoms with Gasteiger partial charge in [0.15, 0.2) is 5.78 Å². The molecule has 0 aromatic heterocycles. The minimum absolute atomic E-state index is 0.212. The lowest BCUT2D eigenvalue weighted by molar-refractivity contribution is 0.0981. The topological polar surface area (TPSA) is 26.3 Å². The quantitative estimate of drug-likeness (QED) is 0.690. The molecule has 0 aliphatic heterocycles. The third kappa shape index (κ3) is 3.08. The number of rotatable bonds is 5. The molecule has 0 saturated carbocycles. The van der Waals surface area contributed by atoms with Crippen LogP contribution in [-0.2, 0) is 0 Å². The molecule has 2 nitrogen and oxygen atoms in total. The summed E-state index contributed by atoms with van der Waals surface area (Å²) in [5, 5.41) is 0. The number of aryl methyl sites for hydroxylation is 1. The maximum Gasteiger partial charge on any atom is 0.162 e. The summed E-state index contributed by atoms with van der Waals surface area (Å²) >= 11 is 0. The van der Waals surface area contributed by atoms with Gasteiger partial charge in [0.25, 0.3) is 0 Å². The van der Waals surface area contributed by atoms with Crippen LogP contribution in [0.1, 0.15) is 42.6 Å². The first kappa shape index (κ1) is 11.8. The van der Waals surface area contributed by atoms with Crippen LogP contribution in [0, 0.1) is 6.92 Å². The minimum atomic E-state index is 0.212. The van der Waals surface area contributed by atoms with Crippen molar-refractivity contribution in [3.63, 3.8) is 0 Å². The van der Waals surface area contributed by atoms with Crippen molar-refractivity contribution < 1.29 is 9.53 Å². The highest BCUT2D eigenvalue weighted by molar-refractivity contribution is 5.96. The molecule has 1 aromatic carbocycles. The molecule has 0 fully saturated rings. The number of hydrogen-bond acceptors (Lipinski definition) is 2. The highest BCUT2D eigenvalue weighted by Gasteiger charge is 2.06. The van der Waals surface area contributed by atoms with Gasteiger partial charge >= 0.3 is 0 Å². The van der Waals surface area contributed by atoms with Crippen LogP contribution in [0.5, 0.6) is 5.75 Å². The number of hydrogen-bond donors (Lipinski definition) is 0. The largest absolute Gasteiger partial charge is 0.494 e. The first-order valence-corrected chi connectivity index (χ1v) is 5.45. The van der Waals surface area contributed by atoms with E-state index >= 15 is 0 Å². The Morgan fingerprint density at radius 3 is 2.60 bits per heavy atom. The van der Waals surface area contributed by atoms with Crippen molar-refractivity contribution in [1.29, 1.82) is 0 Å². The lowest BCUT2D eigenvalue weighted by Crippen LogP contribution is -2.00. The Balaban J connectivity index is 2.86. The molecule has 0 amide bonds. The summed E-state index contributed by atoms with van der Waals surface area (Å²) in [7, 11) is 0. The zero-order chi connectivity index (χ0) is 11.3. The lowest BCUT2D eigenvalue weighted by Gasteiger charge is -2.08. The number of carbonyl (C=O) groups is 1. The Hall–Kier alpha value is -1.31. The SMILES string of the molecule is CCCC(=O)c1ccc(OCC)c(C)c1. The van der Waals surface area contributed by atoms with E-state index in [0.29, 0.717) is 13.0 Å². The standard InChI is InChI=1S/C13H18O2/c1-4-6-12(14)11-7-8-13(15-5-2)10(3)9-11/h7-9H,4-6H2,1-3H3. The molecule has 15 heavy (non-hydrogen) atoms. The first-order valence-electron chi connectivity index (χ1n) is 5.45. The first-order chi connectivity index (χ1) is 7.19. The normalized spacial score (nSPS) is 10.1. The number of ketones is 1. The van der Waals surface area contributed by atoms with Crippen molar-refractivity contribution in [3.8, 4) is 5.75 Å². The molecule has 0 aliphatic rings. The van der Waals surface area contributed by atoms with Crippen LogP contribution < -0.4 is 4.74 Å². The van der Waals surface area contributed by atoms with Gasteiger partial charge in [-0.3, -0.25) is 4.79 Å². The lowest BCUT2D eigenvalue weighted by atomic mass is 10.0. The summed E-state index contributed by atoms with van der Waals surface area (Å²) in [6.45, 7) is 6.59. The van der Waals surface area contributed by atoms with E-state index in [9.17, 15) is 4.79 Å². The summed E-state index contributed by atoms with van der Waals surface area (Å²) < 4.78 is 5.42. The van der Waals surface area contributed by atoms with Crippen molar-refractivity contribution in [2.24, 2.45) is 0 Å². The van der Waals surface area contributed by atoms with E-state index in [1.54, 1.807) is 0 Å². The third-order valence-corrected chi connectivity index (χ3v) is 2.27. The molecular weight excluding hydrogens is 188 g/mol. The summed E-state index contributed by atoms with van der Waals surface area (Å²) in [4.78, 5) is 11.6. The smallest absolute Gasteiger partial charge is 0.162 e. The molecule has 0 spiro atoms. The number of benzene rings is 1. The van der Waals surface area contributed by atoms with Crippen LogP contribution in [0.3, 0.4) is 0 Å². The van der Waals surface area contributed by atoms with Crippen molar-refractivity contribution >= 4 is 5.78 Å². The fraction of sp³-hybridized carbons (Fsp3) is 0.462. The fourth-order valence-corrected chi connectivity index (χ4v) is 1.51. The van der Waals surface area contributed by atoms with Crippen LogP contribution in [0.15, 0.2) is 18.2 Å². The zero-order valence-corrected chi connectivity index (χ0v) is 9.67. The molecule has 1 rings (SSSR count). The summed E-state index contributed by atoms with van der Waals surface area (Å²) in [6.07, 6.45) is 1.51. The molecule has 0 radical (unpaired) electrons. The second-order valence-electron chi connectivity index (χ2n) is 3.59. The molecule has 0 saturated heterocycles. The molecule has 0 aliphatic carbocycles. The Labute approximate surface area is 91.3 Å². The molecule has 0 N–H and O–H groups in total. The van der Waals surface area contributed by atoms with E-state index in [2.05, 4.69) is 0 Å². The second kappa shape index (κ2) is 5.54. The Kier molecular flexibility index (Phi) is 4.35. The van der Waals surface area contributed by atoms with Gasteiger partial charge < -0.3 is 4.74 Å². The van der Waals surface area contributed by atoms with Crippen molar-refractivity contribution in [3.05, 3.63) is 29.3 Å². The van der Waals surface area contributed by atoms with Crippen LogP contribution in [0.4, 0.5) is 0 Å². The van der Waals surface area contributed by atoms with E-state index in [1.807, 2.05) is 39.0 Å². The Bertz CT molecular complexity index is 342. The van der Waals surface area contributed by atoms with Gasteiger partial charge in [-0.2, -0.15) is 0 Å². The minimum Gasteiger partial charge on any atom is -0.494 e. The second-order valence-corrected chi connectivity index (χ2v) is 3.59. The zero-order valence-electron chi connectivity index (χ0n) is 9.67. The van der Waals surface area contributed by atoms with E-state index in [0.717, 1.165) is 23.3 Å². The monoisotopic (exact) mass is 206 g/mol. The molecule has 82 valence electrons. The molecule has 1 aromatic rings. The molecule has 0 atom stereocenters. The molecular formula is C13H18O2. The van der Waals surface area contributed by atoms with Crippen molar-refractivity contribution in [2.45, 2.75) is 33.6 Å². The van der Waals surface area contributed by atoms with Gasteiger partial charge in [-0.1, -0.05) is 6.92 Å². The van der Waals surface area contributed by atoms with Crippen molar-refractivity contribution in [2.75, 3.05) is 6.61 Å². The predicted octanol–water partition coefficient (Wildman–Crippen LogP) is 3.38. The molecule has 0 unspecified atom stereocenters. The molecule has 0 heterocycles. The number of Topliss-reactive ketones (excluding diaryl/α,β-unsaturated/α-hetero) is 1. The van der Waals surface area contributed by atoms with Crippen LogP contribution in [-0.4, -0.2) is 12.4 Å².